The average Bonchev–Trinajstić information content (AvgIpc) is 3.34. The number of pyridine rings is 1. The van der Waals surface area contributed by atoms with Crippen molar-refractivity contribution < 1.29 is 9.21 Å². The van der Waals surface area contributed by atoms with Crippen molar-refractivity contribution in [3.8, 4) is 17.3 Å². The van der Waals surface area contributed by atoms with E-state index in [9.17, 15) is 4.79 Å². The van der Waals surface area contributed by atoms with Gasteiger partial charge in [-0.1, -0.05) is 6.07 Å². The van der Waals surface area contributed by atoms with Crippen molar-refractivity contribution in [2.45, 2.75) is 6.92 Å². The third-order valence-corrected chi connectivity index (χ3v) is 3.67. The maximum atomic E-state index is 12.6. The van der Waals surface area contributed by atoms with Crippen LogP contribution in [-0.2, 0) is 0 Å². The van der Waals surface area contributed by atoms with Gasteiger partial charge < -0.3 is 9.73 Å². The number of aryl methyl sites for hydroxylation is 1. The molecule has 0 unspecified atom stereocenters. The molecule has 0 atom stereocenters. The Balaban J connectivity index is 1.56. The maximum Gasteiger partial charge on any atom is 0.255 e. The molecule has 1 aromatic carbocycles. The van der Waals surface area contributed by atoms with E-state index < -0.39 is 0 Å². The second-order valence-corrected chi connectivity index (χ2v) is 5.53. The van der Waals surface area contributed by atoms with E-state index in [0.29, 0.717) is 28.9 Å². The van der Waals surface area contributed by atoms with Crippen LogP contribution in [0.15, 0.2) is 65.7 Å². The molecule has 4 rings (SSSR count). The summed E-state index contributed by atoms with van der Waals surface area (Å²) in [6.45, 7) is 1.73. The molecule has 8 nitrogen and oxygen atoms in total. The number of rotatable bonds is 4. The average molecular weight is 346 g/mol. The van der Waals surface area contributed by atoms with E-state index in [4.69, 9.17) is 4.42 Å². The van der Waals surface area contributed by atoms with E-state index in [1.54, 1.807) is 60.7 Å². The molecule has 1 amide bonds. The van der Waals surface area contributed by atoms with E-state index in [0.717, 1.165) is 5.56 Å². The highest BCUT2D eigenvalue weighted by Crippen LogP contribution is 2.22. The lowest BCUT2D eigenvalue weighted by molar-refractivity contribution is 0.102. The molecule has 0 aliphatic heterocycles. The fourth-order valence-electron chi connectivity index (χ4n) is 2.44. The minimum absolute atomic E-state index is 0.243. The molecule has 0 fully saturated rings. The van der Waals surface area contributed by atoms with Gasteiger partial charge in [0.2, 0.25) is 11.8 Å². The van der Waals surface area contributed by atoms with Gasteiger partial charge in [0.1, 0.15) is 12.1 Å². The molecule has 1 N–H and O–H groups in total. The zero-order valence-corrected chi connectivity index (χ0v) is 13.8. The Morgan fingerprint density at radius 3 is 2.85 bits per heavy atom. The van der Waals surface area contributed by atoms with Gasteiger partial charge in [0.05, 0.1) is 0 Å². The summed E-state index contributed by atoms with van der Waals surface area (Å²) < 4.78 is 7.15. The van der Waals surface area contributed by atoms with Gasteiger partial charge in [-0.05, 0) is 30.3 Å². The van der Waals surface area contributed by atoms with Crippen molar-refractivity contribution >= 4 is 11.6 Å². The number of carbonyl (C=O) groups is 1. The van der Waals surface area contributed by atoms with Crippen LogP contribution in [0.5, 0.6) is 0 Å². The van der Waals surface area contributed by atoms with Crippen LogP contribution < -0.4 is 5.32 Å². The highest BCUT2D eigenvalue weighted by molar-refractivity contribution is 6.04. The van der Waals surface area contributed by atoms with Crippen molar-refractivity contribution in [2.24, 2.45) is 0 Å². The van der Waals surface area contributed by atoms with Crippen LogP contribution in [-0.4, -0.2) is 30.6 Å². The molecule has 0 saturated carbocycles. The van der Waals surface area contributed by atoms with Crippen molar-refractivity contribution in [1.29, 1.82) is 0 Å². The number of aromatic nitrogens is 5. The lowest BCUT2D eigenvalue weighted by Gasteiger charge is -2.07. The summed E-state index contributed by atoms with van der Waals surface area (Å²) in [5.41, 5.74) is 1.85. The van der Waals surface area contributed by atoms with Crippen molar-refractivity contribution in [2.75, 3.05) is 5.32 Å². The quantitative estimate of drug-likeness (QED) is 0.610. The molecular weight excluding hydrogens is 332 g/mol. The Morgan fingerprint density at radius 1 is 1.15 bits per heavy atom. The Kier molecular flexibility index (Phi) is 3.98. The van der Waals surface area contributed by atoms with Gasteiger partial charge in [-0.2, -0.15) is 0 Å². The number of hydrogen-bond acceptors (Lipinski definition) is 6. The first kappa shape index (κ1) is 15.7. The smallest absolute Gasteiger partial charge is 0.255 e. The summed E-state index contributed by atoms with van der Waals surface area (Å²) in [5, 5.41) is 10.7. The first-order chi connectivity index (χ1) is 12.7. The number of carbonyl (C=O) groups excluding carboxylic acids is 1. The van der Waals surface area contributed by atoms with Crippen LogP contribution >= 0.6 is 0 Å². The number of nitrogens with one attached hydrogen (secondary N) is 1. The van der Waals surface area contributed by atoms with Crippen LogP contribution in [0.2, 0.25) is 0 Å². The second kappa shape index (κ2) is 6.60. The molecule has 3 heterocycles. The maximum absolute atomic E-state index is 12.6. The predicted octanol–water partition coefficient (Wildman–Crippen LogP) is 2.88. The van der Waals surface area contributed by atoms with Gasteiger partial charge in [0.15, 0.2) is 0 Å². The molecule has 8 heteroatoms. The monoisotopic (exact) mass is 346 g/mol. The first-order valence-corrected chi connectivity index (χ1v) is 7.85. The molecule has 128 valence electrons. The molecule has 0 spiro atoms. The summed E-state index contributed by atoms with van der Waals surface area (Å²) in [6.07, 6.45) is 6.63. The van der Waals surface area contributed by atoms with Crippen LogP contribution in [0.4, 0.5) is 5.69 Å². The number of anilines is 1. The SMILES string of the molecule is Cc1nnc(-c2cccc(NC(=O)c3ccnc(-n4ccnc4)c3)c2)o1. The standard InChI is InChI=1S/C18H14N6O2/c1-12-22-23-18(26-12)14-3-2-4-15(9-14)21-17(25)13-5-6-20-16(10-13)24-8-7-19-11-24/h2-11H,1H3,(H,21,25). The fraction of sp³-hybridized carbons (Fsp3) is 0.0556. The summed E-state index contributed by atoms with van der Waals surface area (Å²) in [4.78, 5) is 20.8. The molecule has 3 aromatic heterocycles. The van der Waals surface area contributed by atoms with Crippen LogP contribution in [0.25, 0.3) is 17.3 Å². The number of imidazole rings is 1. The molecule has 0 saturated heterocycles. The molecule has 0 bridgehead atoms. The number of nitrogens with zero attached hydrogens (tertiary/aromatic N) is 5. The number of benzene rings is 1. The Hall–Kier alpha value is -3.81. The topological polar surface area (TPSA) is 98.7 Å². The second-order valence-electron chi connectivity index (χ2n) is 5.53. The Morgan fingerprint density at radius 2 is 2.08 bits per heavy atom. The molecule has 26 heavy (non-hydrogen) atoms. The number of hydrogen-bond donors (Lipinski definition) is 1. The highest BCUT2D eigenvalue weighted by Gasteiger charge is 2.11. The molecule has 0 aliphatic carbocycles. The minimum atomic E-state index is -0.243. The molecular formula is C18H14N6O2. The molecule has 0 radical (unpaired) electrons. The zero-order chi connectivity index (χ0) is 17.9. The van der Waals surface area contributed by atoms with Crippen LogP contribution in [0.1, 0.15) is 16.2 Å². The van der Waals surface area contributed by atoms with Crippen molar-refractivity contribution in [3.63, 3.8) is 0 Å². The van der Waals surface area contributed by atoms with Gasteiger partial charge in [-0.3, -0.25) is 9.36 Å². The van der Waals surface area contributed by atoms with Crippen molar-refractivity contribution in [3.05, 3.63) is 72.8 Å². The minimum Gasteiger partial charge on any atom is -0.421 e. The summed E-state index contributed by atoms with van der Waals surface area (Å²) in [7, 11) is 0. The summed E-state index contributed by atoms with van der Waals surface area (Å²) in [5.74, 6) is 1.26. The van der Waals surface area contributed by atoms with Gasteiger partial charge in [-0.25, -0.2) is 9.97 Å². The third kappa shape index (κ3) is 3.20. The predicted molar refractivity (Wildman–Crippen MR) is 93.8 cm³/mol. The van der Waals surface area contributed by atoms with Crippen LogP contribution in [0, 0.1) is 6.92 Å². The van der Waals surface area contributed by atoms with E-state index in [1.807, 2.05) is 12.1 Å². The van der Waals surface area contributed by atoms with Gasteiger partial charge >= 0.3 is 0 Å². The molecule has 0 aliphatic rings. The Labute approximate surface area is 148 Å². The lowest BCUT2D eigenvalue weighted by atomic mass is 10.2. The van der Waals surface area contributed by atoms with E-state index in [2.05, 4.69) is 25.5 Å². The van der Waals surface area contributed by atoms with Crippen molar-refractivity contribution in [1.82, 2.24) is 24.7 Å². The van der Waals surface area contributed by atoms with E-state index in [-0.39, 0.29) is 5.91 Å². The highest BCUT2D eigenvalue weighted by atomic mass is 16.4. The molecule has 4 aromatic rings. The largest absolute Gasteiger partial charge is 0.421 e. The number of amides is 1. The van der Waals surface area contributed by atoms with Crippen LogP contribution in [0.3, 0.4) is 0 Å². The van der Waals surface area contributed by atoms with Gasteiger partial charge in [0, 0.05) is 42.3 Å². The third-order valence-electron chi connectivity index (χ3n) is 3.67. The summed E-state index contributed by atoms with van der Waals surface area (Å²) >= 11 is 0. The van der Waals surface area contributed by atoms with Gasteiger partial charge in [0.25, 0.3) is 5.91 Å². The normalized spacial score (nSPS) is 10.7. The van der Waals surface area contributed by atoms with E-state index >= 15 is 0 Å². The van der Waals surface area contributed by atoms with Gasteiger partial charge in [-0.15, -0.1) is 10.2 Å². The van der Waals surface area contributed by atoms with E-state index in [1.165, 1.54) is 0 Å². The zero-order valence-electron chi connectivity index (χ0n) is 13.8. The summed E-state index contributed by atoms with van der Waals surface area (Å²) in [6, 6.07) is 10.6. The lowest BCUT2D eigenvalue weighted by Crippen LogP contribution is -2.12. The Bertz CT molecular complexity index is 1060. The fourth-order valence-corrected chi connectivity index (χ4v) is 2.44. The first-order valence-electron chi connectivity index (χ1n) is 7.85.